The fourth-order valence-corrected chi connectivity index (χ4v) is 1.95. The van der Waals surface area contributed by atoms with E-state index >= 15 is 0 Å². The maximum atomic E-state index is 11.0. The van der Waals surface area contributed by atoms with E-state index in [9.17, 15) is 4.79 Å². The van der Waals surface area contributed by atoms with E-state index < -0.39 is 12.1 Å². The summed E-state index contributed by atoms with van der Waals surface area (Å²) in [6.45, 7) is 5.81. The van der Waals surface area contributed by atoms with Crippen LogP contribution in [0.1, 0.15) is 28.4 Å². The third-order valence-corrected chi connectivity index (χ3v) is 2.46. The standard InChI is InChI=1S/C12H16O3/c1-7-5-8(2)10(9(3)6-7)11(15-4)12(13)14/h5-6,11H,1-4H3,(H,13,14). The number of ether oxygens (including phenoxy) is 1. The van der Waals surface area contributed by atoms with Crippen molar-refractivity contribution in [3.8, 4) is 0 Å². The summed E-state index contributed by atoms with van der Waals surface area (Å²) in [6.07, 6.45) is -0.870. The second kappa shape index (κ2) is 4.45. The van der Waals surface area contributed by atoms with Gasteiger partial charge in [0.15, 0.2) is 6.10 Å². The van der Waals surface area contributed by atoms with Crippen LogP contribution in [0.3, 0.4) is 0 Å². The Morgan fingerprint density at radius 1 is 1.27 bits per heavy atom. The lowest BCUT2D eigenvalue weighted by atomic mass is 9.95. The molecule has 1 aromatic carbocycles. The molecule has 15 heavy (non-hydrogen) atoms. The predicted octanol–water partition coefficient (Wildman–Crippen LogP) is 2.38. The lowest BCUT2D eigenvalue weighted by Crippen LogP contribution is -2.16. The first-order valence-electron chi connectivity index (χ1n) is 4.80. The van der Waals surface area contributed by atoms with Gasteiger partial charge in [-0.25, -0.2) is 4.79 Å². The largest absolute Gasteiger partial charge is 0.479 e. The maximum Gasteiger partial charge on any atom is 0.337 e. The van der Waals surface area contributed by atoms with Gasteiger partial charge < -0.3 is 9.84 Å². The third-order valence-electron chi connectivity index (χ3n) is 2.46. The average molecular weight is 208 g/mol. The summed E-state index contributed by atoms with van der Waals surface area (Å²) in [5.41, 5.74) is 3.81. The Bertz CT molecular complexity index is 359. The Hall–Kier alpha value is -1.35. The molecule has 1 unspecified atom stereocenters. The maximum absolute atomic E-state index is 11.0. The van der Waals surface area contributed by atoms with E-state index in [1.807, 2.05) is 32.9 Å². The fraction of sp³-hybridized carbons (Fsp3) is 0.417. The first-order chi connectivity index (χ1) is 6.97. The number of carboxylic acids is 1. The van der Waals surface area contributed by atoms with Gasteiger partial charge in [0, 0.05) is 7.11 Å². The van der Waals surface area contributed by atoms with E-state index in [0.717, 1.165) is 22.3 Å². The van der Waals surface area contributed by atoms with Gasteiger partial charge in [-0.3, -0.25) is 0 Å². The van der Waals surface area contributed by atoms with Crippen molar-refractivity contribution >= 4 is 5.97 Å². The lowest BCUT2D eigenvalue weighted by molar-refractivity contribution is -0.148. The van der Waals surface area contributed by atoms with Crippen LogP contribution in [-0.2, 0) is 9.53 Å². The SMILES string of the molecule is COC(C(=O)O)c1c(C)cc(C)cc1C. The van der Waals surface area contributed by atoms with Crippen LogP contribution in [0, 0.1) is 20.8 Å². The van der Waals surface area contributed by atoms with Crippen LogP contribution in [-0.4, -0.2) is 18.2 Å². The molecule has 0 aliphatic carbocycles. The number of benzene rings is 1. The molecule has 0 aliphatic heterocycles. The number of aliphatic carboxylic acids is 1. The first kappa shape index (κ1) is 11.7. The zero-order chi connectivity index (χ0) is 11.6. The van der Waals surface area contributed by atoms with E-state index in [0.29, 0.717) is 0 Å². The number of carbonyl (C=O) groups is 1. The van der Waals surface area contributed by atoms with Gasteiger partial charge >= 0.3 is 5.97 Å². The van der Waals surface area contributed by atoms with Crippen LogP contribution < -0.4 is 0 Å². The summed E-state index contributed by atoms with van der Waals surface area (Å²) in [6, 6.07) is 3.94. The quantitative estimate of drug-likeness (QED) is 0.829. The number of carboxylic acid groups (broad SMARTS) is 1. The Labute approximate surface area is 89.7 Å². The molecule has 1 aromatic rings. The highest BCUT2D eigenvalue weighted by Crippen LogP contribution is 2.25. The smallest absolute Gasteiger partial charge is 0.337 e. The lowest BCUT2D eigenvalue weighted by Gasteiger charge is -2.17. The van der Waals surface area contributed by atoms with Crippen molar-refractivity contribution in [1.82, 2.24) is 0 Å². The molecule has 0 aliphatic rings. The second-order valence-corrected chi connectivity index (χ2v) is 3.77. The van der Waals surface area contributed by atoms with E-state index in [1.54, 1.807) is 0 Å². The molecular weight excluding hydrogens is 192 g/mol. The summed E-state index contributed by atoms with van der Waals surface area (Å²) in [4.78, 5) is 11.0. The van der Waals surface area contributed by atoms with Gasteiger partial charge in [-0.05, 0) is 37.5 Å². The minimum atomic E-state index is -0.951. The van der Waals surface area contributed by atoms with Crippen LogP contribution in [0.5, 0.6) is 0 Å². The van der Waals surface area contributed by atoms with Crippen molar-refractivity contribution in [1.29, 1.82) is 0 Å². The first-order valence-corrected chi connectivity index (χ1v) is 4.80. The Balaban J connectivity index is 3.29. The normalized spacial score (nSPS) is 12.5. The molecule has 1 rings (SSSR count). The van der Waals surface area contributed by atoms with E-state index in [1.165, 1.54) is 7.11 Å². The molecule has 3 heteroatoms. The molecule has 0 saturated carbocycles. The van der Waals surface area contributed by atoms with Gasteiger partial charge in [0.25, 0.3) is 0 Å². The summed E-state index contributed by atoms with van der Waals surface area (Å²) < 4.78 is 5.00. The van der Waals surface area contributed by atoms with Crippen molar-refractivity contribution in [3.63, 3.8) is 0 Å². The molecule has 1 atom stereocenters. The molecule has 0 heterocycles. The molecule has 0 spiro atoms. The molecule has 0 radical (unpaired) electrons. The minimum absolute atomic E-state index is 0.760. The van der Waals surface area contributed by atoms with Crippen LogP contribution >= 0.6 is 0 Å². The Morgan fingerprint density at radius 3 is 2.07 bits per heavy atom. The van der Waals surface area contributed by atoms with Gasteiger partial charge in [0.1, 0.15) is 0 Å². The number of aryl methyl sites for hydroxylation is 3. The summed E-state index contributed by atoms with van der Waals surface area (Å²) >= 11 is 0. The molecule has 0 amide bonds. The third kappa shape index (κ3) is 2.36. The van der Waals surface area contributed by atoms with Crippen molar-refractivity contribution in [2.75, 3.05) is 7.11 Å². The number of hydrogen-bond donors (Lipinski definition) is 1. The van der Waals surface area contributed by atoms with Gasteiger partial charge in [0.2, 0.25) is 0 Å². The zero-order valence-corrected chi connectivity index (χ0v) is 9.50. The van der Waals surface area contributed by atoms with Crippen molar-refractivity contribution in [2.45, 2.75) is 26.9 Å². The van der Waals surface area contributed by atoms with Gasteiger partial charge in [-0.1, -0.05) is 17.7 Å². The fourth-order valence-electron chi connectivity index (χ4n) is 1.95. The van der Waals surface area contributed by atoms with Gasteiger partial charge in [-0.2, -0.15) is 0 Å². The summed E-state index contributed by atoms with van der Waals surface area (Å²) in [5, 5.41) is 9.02. The molecule has 3 nitrogen and oxygen atoms in total. The topological polar surface area (TPSA) is 46.5 Å². The molecule has 1 N–H and O–H groups in total. The van der Waals surface area contributed by atoms with Crippen LogP contribution in [0.25, 0.3) is 0 Å². The highest BCUT2D eigenvalue weighted by Gasteiger charge is 2.22. The van der Waals surface area contributed by atoms with E-state index in [2.05, 4.69) is 0 Å². The Morgan fingerprint density at radius 2 is 1.73 bits per heavy atom. The molecule has 0 aromatic heterocycles. The monoisotopic (exact) mass is 208 g/mol. The number of methoxy groups -OCH3 is 1. The molecule has 0 fully saturated rings. The van der Waals surface area contributed by atoms with Crippen molar-refractivity contribution in [3.05, 3.63) is 34.4 Å². The van der Waals surface area contributed by atoms with Crippen molar-refractivity contribution in [2.24, 2.45) is 0 Å². The highest BCUT2D eigenvalue weighted by molar-refractivity contribution is 5.75. The van der Waals surface area contributed by atoms with Crippen LogP contribution in [0.4, 0.5) is 0 Å². The second-order valence-electron chi connectivity index (χ2n) is 3.77. The Kier molecular flexibility index (Phi) is 3.48. The van der Waals surface area contributed by atoms with Gasteiger partial charge in [0.05, 0.1) is 0 Å². The average Bonchev–Trinajstić information content (AvgIpc) is 2.09. The number of hydrogen-bond acceptors (Lipinski definition) is 2. The highest BCUT2D eigenvalue weighted by atomic mass is 16.5. The number of rotatable bonds is 3. The van der Waals surface area contributed by atoms with Gasteiger partial charge in [-0.15, -0.1) is 0 Å². The molecule has 0 saturated heterocycles. The zero-order valence-electron chi connectivity index (χ0n) is 9.50. The molecule has 0 bridgehead atoms. The van der Waals surface area contributed by atoms with Crippen LogP contribution in [0.2, 0.25) is 0 Å². The predicted molar refractivity (Wildman–Crippen MR) is 58.0 cm³/mol. The van der Waals surface area contributed by atoms with Crippen molar-refractivity contribution < 1.29 is 14.6 Å². The molecular formula is C12H16O3. The van der Waals surface area contributed by atoms with E-state index in [4.69, 9.17) is 9.84 Å². The summed E-state index contributed by atoms with van der Waals surface area (Å²) in [5.74, 6) is -0.951. The van der Waals surface area contributed by atoms with Crippen LogP contribution in [0.15, 0.2) is 12.1 Å². The van der Waals surface area contributed by atoms with E-state index in [-0.39, 0.29) is 0 Å². The minimum Gasteiger partial charge on any atom is -0.479 e. The molecule has 82 valence electrons. The summed E-state index contributed by atoms with van der Waals surface area (Å²) in [7, 11) is 1.41.